The van der Waals surface area contributed by atoms with Crippen LogP contribution < -0.4 is 11.0 Å². The number of benzene rings is 1. The lowest BCUT2D eigenvalue weighted by atomic mass is 9.97. The number of pyridine rings is 1. The van der Waals surface area contributed by atoms with Gasteiger partial charge in [-0.05, 0) is 42.7 Å². The standard InChI is InChI=1S/C21H19F3N4O2/c22-21(23,24)16-10-8-13(18(27-16)12-4-1-2-5-12)9-11-17(29)25-14-6-3-7-15-19(14)28-20(30)26-15/h3,6-12H,1-2,4-5H2,(H,25,29)(H2,26,28,30)/b11-9+. The van der Waals surface area contributed by atoms with Crippen molar-refractivity contribution in [3.63, 3.8) is 0 Å². The fourth-order valence-corrected chi connectivity index (χ4v) is 3.81. The Kier molecular flexibility index (Phi) is 5.19. The summed E-state index contributed by atoms with van der Waals surface area (Å²) in [6.45, 7) is 0. The molecule has 30 heavy (non-hydrogen) atoms. The van der Waals surface area contributed by atoms with E-state index in [0.717, 1.165) is 31.7 Å². The van der Waals surface area contributed by atoms with Crippen molar-refractivity contribution >= 4 is 28.7 Å². The molecule has 0 unspecified atom stereocenters. The molecule has 9 heteroatoms. The van der Waals surface area contributed by atoms with Crippen molar-refractivity contribution < 1.29 is 18.0 Å². The van der Waals surface area contributed by atoms with Crippen LogP contribution in [0, 0.1) is 0 Å². The second kappa shape index (κ2) is 7.81. The Balaban J connectivity index is 1.59. The van der Waals surface area contributed by atoms with E-state index in [1.165, 1.54) is 18.2 Å². The number of alkyl halides is 3. The average Bonchev–Trinajstić information content (AvgIpc) is 3.35. The highest BCUT2D eigenvalue weighted by atomic mass is 19.4. The van der Waals surface area contributed by atoms with Gasteiger partial charge < -0.3 is 15.3 Å². The molecule has 0 saturated heterocycles. The van der Waals surface area contributed by atoms with Crippen molar-refractivity contribution in [2.24, 2.45) is 0 Å². The van der Waals surface area contributed by atoms with Gasteiger partial charge >= 0.3 is 11.9 Å². The largest absolute Gasteiger partial charge is 0.433 e. The number of aromatic amines is 2. The first-order valence-corrected chi connectivity index (χ1v) is 9.59. The lowest BCUT2D eigenvalue weighted by molar-refractivity contribution is -0.141. The van der Waals surface area contributed by atoms with Crippen LogP contribution in [0.4, 0.5) is 18.9 Å². The quantitative estimate of drug-likeness (QED) is 0.544. The molecule has 1 aliphatic rings. The summed E-state index contributed by atoms with van der Waals surface area (Å²) in [7, 11) is 0. The monoisotopic (exact) mass is 416 g/mol. The first-order chi connectivity index (χ1) is 14.3. The molecule has 0 radical (unpaired) electrons. The zero-order valence-corrected chi connectivity index (χ0v) is 15.8. The number of anilines is 1. The third kappa shape index (κ3) is 4.14. The molecule has 3 aromatic rings. The average molecular weight is 416 g/mol. The van der Waals surface area contributed by atoms with E-state index in [1.807, 2.05) is 0 Å². The lowest BCUT2D eigenvalue weighted by Gasteiger charge is -2.15. The molecular weight excluding hydrogens is 397 g/mol. The second-order valence-electron chi connectivity index (χ2n) is 7.28. The zero-order chi connectivity index (χ0) is 21.3. The Labute approximate surface area is 169 Å². The van der Waals surface area contributed by atoms with E-state index >= 15 is 0 Å². The number of amides is 1. The summed E-state index contributed by atoms with van der Waals surface area (Å²) in [4.78, 5) is 33.0. The number of imidazole rings is 1. The highest BCUT2D eigenvalue weighted by Crippen LogP contribution is 2.37. The zero-order valence-electron chi connectivity index (χ0n) is 15.8. The SMILES string of the molecule is O=C(/C=C/c1ccc(C(F)(F)F)nc1C1CCCC1)Nc1cccc2[nH]c(=O)[nH]c12. The molecule has 0 aliphatic heterocycles. The summed E-state index contributed by atoms with van der Waals surface area (Å²) in [6.07, 6.45) is 1.69. The van der Waals surface area contributed by atoms with Gasteiger partial charge in [0.15, 0.2) is 0 Å². The molecule has 3 N–H and O–H groups in total. The maximum atomic E-state index is 13.1. The highest BCUT2D eigenvalue weighted by Gasteiger charge is 2.34. The van der Waals surface area contributed by atoms with Crippen LogP contribution in [0.25, 0.3) is 17.1 Å². The molecule has 0 bridgehead atoms. The Morgan fingerprint density at radius 3 is 2.63 bits per heavy atom. The Morgan fingerprint density at radius 1 is 1.13 bits per heavy atom. The van der Waals surface area contributed by atoms with E-state index in [4.69, 9.17) is 0 Å². The molecule has 0 spiro atoms. The van der Waals surface area contributed by atoms with E-state index in [9.17, 15) is 22.8 Å². The number of rotatable bonds is 4. The lowest BCUT2D eigenvalue weighted by Crippen LogP contribution is -2.12. The Hall–Kier alpha value is -3.36. The van der Waals surface area contributed by atoms with Crippen LogP contribution in [0.2, 0.25) is 0 Å². The van der Waals surface area contributed by atoms with Gasteiger partial charge in [-0.15, -0.1) is 0 Å². The van der Waals surface area contributed by atoms with Gasteiger partial charge in [0.05, 0.1) is 22.4 Å². The number of para-hydroxylation sites is 1. The predicted molar refractivity (Wildman–Crippen MR) is 107 cm³/mol. The fraction of sp³-hybridized carbons (Fsp3) is 0.286. The Morgan fingerprint density at radius 2 is 1.90 bits per heavy atom. The molecule has 0 atom stereocenters. The number of nitrogens with zero attached hydrogens (tertiary/aromatic N) is 1. The molecule has 1 amide bonds. The molecule has 1 aromatic carbocycles. The minimum Gasteiger partial charge on any atom is -0.321 e. The number of aromatic nitrogens is 3. The number of halogens is 3. The summed E-state index contributed by atoms with van der Waals surface area (Å²) in [5.41, 5.74) is 1.00. The minimum absolute atomic E-state index is 0.0475. The van der Waals surface area contributed by atoms with Crippen LogP contribution in [0.3, 0.4) is 0 Å². The summed E-state index contributed by atoms with van der Waals surface area (Å²) < 4.78 is 39.3. The van der Waals surface area contributed by atoms with Gasteiger partial charge in [0.2, 0.25) is 5.91 Å². The van der Waals surface area contributed by atoms with E-state index in [2.05, 4.69) is 20.3 Å². The summed E-state index contributed by atoms with van der Waals surface area (Å²) >= 11 is 0. The van der Waals surface area contributed by atoms with Crippen molar-refractivity contribution in [3.8, 4) is 0 Å². The van der Waals surface area contributed by atoms with Crippen molar-refractivity contribution in [2.75, 3.05) is 5.32 Å². The number of hydrogen-bond acceptors (Lipinski definition) is 3. The third-order valence-corrected chi connectivity index (χ3v) is 5.21. The third-order valence-electron chi connectivity index (χ3n) is 5.21. The number of hydrogen-bond donors (Lipinski definition) is 3. The number of H-pyrrole nitrogens is 2. The van der Waals surface area contributed by atoms with Crippen LogP contribution in [0.5, 0.6) is 0 Å². The van der Waals surface area contributed by atoms with Crippen molar-refractivity contribution in [1.29, 1.82) is 0 Å². The number of carbonyl (C=O) groups excluding carboxylic acids is 1. The fourth-order valence-electron chi connectivity index (χ4n) is 3.81. The van der Waals surface area contributed by atoms with Gasteiger partial charge in [0, 0.05) is 12.0 Å². The summed E-state index contributed by atoms with van der Waals surface area (Å²) in [5.74, 6) is -0.518. The molecule has 2 aromatic heterocycles. The first-order valence-electron chi connectivity index (χ1n) is 9.59. The van der Waals surface area contributed by atoms with Gasteiger partial charge in [-0.3, -0.25) is 4.79 Å². The summed E-state index contributed by atoms with van der Waals surface area (Å²) in [6, 6.07) is 7.31. The molecular formula is C21H19F3N4O2. The molecule has 6 nitrogen and oxygen atoms in total. The Bertz CT molecular complexity index is 1170. The van der Waals surface area contributed by atoms with Crippen LogP contribution in [-0.2, 0) is 11.0 Å². The number of nitrogens with one attached hydrogen (secondary N) is 3. The number of carbonyl (C=O) groups is 1. The van der Waals surface area contributed by atoms with Gasteiger partial charge in [-0.25, -0.2) is 9.78 Å². The number of fused-ring (bicyclic) bond motifs is 1. The minimum atomic E-state index is -4.51. The van der Waals surface area contributed by atoms with Gasteiger partial charge in [0.25, 0.3) is 0 Å². The predicted octanol–water partition coefficient (Wildman–Crippen LogP) is 4.58. The molecule has 156 valence electrons. The molecule has 1 aliphatic carbocycles. The van der Waals surface area contributed by atoms with Crippen molar-refractivity contribution in [2.45, 2.75) is 37.8 Å². The normalized spacial score (nSPS) is 15.3. The maximum absolute atomic E-state index is 13.1. The van der Waals surface area contributed by atoms with Crippen LogP contribution in [-0.4, -0.2) is 20.9 Å². The molecule has 1 saturated carbocycles. The van der Waals surface area contributed by atoms with Gasteiger partial charge in [0.1, 0.15) is 5.69 Å². The first kappa shape index (κ1) is 19.9. The second-order valence-corrected chi connectivity index (χ2v) is 7.28. The van der Waals surface area contributed by atoms with Crippen LogP contribution >= 0.6 is 0 Å². The maximum Gasteiger partial charge on any atom is 0.433 e. The molecule has 2 heterocycles. The van der Waals surface area contributed by atoms with Crippen LogP contribution in [0.15, 0.2) is 41.2 Å². The van der Waals surface area contributed by atoms with E-state index in [-0.39, 0.29) is 11.6 Å². The highest BCUT2D eigenvalue weighted by molar-refractivity contribution is 6.06. The van der Waals surface area contributed by atoms with Crippen molar-refractivity contribution in [3.05, 3.63) is 63.8 Å². The van der Waals surface area contributed by atoms with Crippen LogP contribution in [0.1, 0.15) is 48.6 Å². The van der Waals surface area contributed by atoms with E-state index < -0.39 is 17.8 Å². The van der Waals surface area contributed by atoms with Crippen molar-refractivity contribution in [1.82, 2.24) is 15.0 Å². The van der Waals surface area contributed by atoms with Gasteiger partial charge in [-0.1, -0.05) is 25.0 Å². The molecule has 1 fully saturated rings. The van der Waals surface area contributed by atoms with E-state index in [1.54, 1.807) is 18.2 Å². The van der Waals surface area contributed by atoms with E-state index in [0.29, 0.717) is 28.0 Å². The smallest absolute Gasteiger partial charge is 0.321 e. The topological polar surface area (TPSA) is 90.6 Å². The molecule has 4 rings (SSSR count). The summed E-state index contributed by atoms with van der Waals surface area (Å²) in [5, 5.41) is 2.68. The van der Waals surface area contributed by atoms with Gasteiger partial charge in [-0.2, -0.15) is 13.2 Å².